The average Bonchev–Trinajstić information content (AvgIpc) is 2.71. The number of hydrogen-bond donors (Lipinski definition) is 0. The molecule has 0 spiro atoms. The van der Waals surface area contributed by atoms with Gasteiger partial charge in [-0.15, -0.1) is 0 Å². The lowest BCUT2D eigenvalue weighted by Gasteiger charge is -2.17. The molecule has 1 aliphatic rings. The van der Waals surface area contributed by atoms with Gasteiger partial charge in [0.25, 0.3) is 5.91 Å². The number of benzene rings is 2. The molecule has 98 valence electrons. The molecule has 1 aliphatic heterocycles. The van der Waals surface area contributed by atoms with Crippen molar-refractivity contribution in [2.24, 2.45) is 0 Å². The van der Waals surface area contributed by atoms with Gasteiger partial charge >= 0.3 is 0 Å². The Bertz CT molecular complexity index is 616. The molecule has 3 rings (SSSR count). The number of anilines is 1. The van der Waals surface area contributed by atoms with E-state index in [1.807, 2.05) is 36.4 Å². The fourth-order valence-corrected chi connectivity index (χ4v) is 2.51. The molecule has 3 nitrogen and oxygen atoms in total. The first-order valence-corrected chi connectivity index (χ1v) is 6.74. The van der Waals surface area contributed by atoms with E-state index in [1.54, 1.807) is 4.90 Å². The smallest absolute Gasteiger partial charge is 0.260 e. The monoisotopic (exact) mass is 255 g/mol. The van der Waals surface area contributed by atoms with Crippen molar-refractivity contribution < 1.29 is 9.53 Å². The highest BCUT2D eigenvalue weighted by molar-refractivity contribution is 6.24. The van der Waals surface area contributed by atoms with Crippen molar-refractivity contribution in [3.8, 4) is 0 Å². The lowest BCUT2D eigenvalue weighted by atomic mass is 10.1. The maximum Gasteiger partial charge on any atom is 0.260 e. The second kappa shape index (κ2) is 5.02. The fraction of sp³-hybridized carbons (Fsp3) is 0.312. The second-order valence-electron chi connectivity index (χ2n) is 4.80. The van der Waals surface area contributed by atoms with Gasteiger partial charge in [-0.05, 0) is 23.9 Å². The van der Waals surface area contributed by atoms with Gasteiger partial charge in [0.05, 0.1) is 5.69 Å². The van der Waals surface area contributed by atoms with Crippen LogP contribution < -0.4 is 4.90 Å². The Balaban J connectivity index is 1.90. The third-order valence-corrected chi connectivity index (χ3v) is 3.51. The standard InChI is InChI=1S/C16H17NO2/c1-2-3-10-19-11-17-14-9-5-7-12-6-4-8-13(15(12)14)16(17)18/h4-9H,2-3,10-11H2,1H3. The number of ether oxygens (including phenoxy) is 1. The van der Waals surface area contributed by atoms with Gasteiger partial charge in [-0.3, -0.25) is 9.69 Å². The van der Waals surface area contributed by atoms with E-state index in [0.717, 1.165) is 34.9 Å². The van der Waals surface area contributed by atoms with E-state index in [-0.39, 0.29) is 5.91 Å². The molecular formula is C16H17NO2. The second-order valence-corrected chi connectivity index (χ2v) is 4.80. The molecule has 0 saturated carbocycles. The first-order valence-electron chi connectivity index (χ1n) is 6.74. The van der Waals surface area contributed by atoms with E-state index in [9.17, 15) is 4.79 Å². The Labute approximate surface area is 112 Å². The lowest BCUT2D eigenvalue weighted by Crippen LogP contribution is -2.29. The number of hydrogen-bond acceptors (Lipinski definition) is 2. The Hall–Kier alpha value is -1.87. The Kier molecular flexibility index (Phi) is 3.22. The van der Waals surface area contributed by atoms with Gasteiger partial charge in [-0.2, -0.15) is 0 Å². The minimum absolute atomic E-state index is 0.0447. The summed E-state index contributed by atoms with van der Waals surface area (Å²) >= 11 is 0. The summed E-state index contributed by atoms with van der Waals surface area (Å²) < 4.78 is 5.60. The van der Waals surface area contributed by atoms with Crippen LogP contribution in [0.4, 0.5) is 5.69 Å². The number of carbonyl (C=O) groups is 1. The van der Waals surface area contributed by atoms with Crippen molar-refractivity contribution in [2.75, 3.05) is 18.2 Å². The summed E-state index contributed by atoms with van der Waals surface area (Å²) in [4.78, 5) is 14.1. The van der Waals surface area contributed by atoms with E-state index >= 15 is 0 Å². The summed E-state index contributed by atoms with van der Waals surface area (Å²) in [7, 11) is 0. The molecule has 3 heteroatoms. The molecule has 0 atom stereocenters. The van der Waals surface area contributed by atoms with Gasteiger partial charge in [-0.1, -0.05) is 37.6 Å². The molecule has 0 aliphatic carbocycles. The summed E-state index contributed by atoms with van der Waals surface area (Å²) in [6.45, 7) is 3.17. The fourth-order valence-electron chi connectivity index (χ4n) is 2.51. The van der Waals surface area contributed by atoms with E-state index in [4.69, 9.17) is 4.74 Å². The molecule has 1 amide bonds. The Morgan fingerprint density at radius 3 is 2.74 bits per heavy atom. The van der Waals surface area contributed by atoms with E-state index < -0.39 is 0 Å². The van der Waals surface area contributed by atoms with Crippen molar-refractivity contribution in [1.29, 1.82) is 0 Å². The SMILES string of the molecule is CCCCOCN1C(=O)c2cccc3cccc1c23. The van der Waals surface area contributed by atoms with Crippen LogP contribution in [0.2, 0.25) is 0 Å². The number of amides is 1. The van der Waals surface area contributed by atoms with Gasteiger partial charge in [-0.25, -0.2) is 0 Å². The lowest BCUT2D eigenvalue weighted by molar-refractivity contribution is 0.0889. The minimum Gasteiger partial charge on any atom is -0.361 e. The van der Waals surface area contributed by atoms with Gasteiger partial charge in [0.15, 0.2) is 0 Å². The van der Waals surface area contributed by atoms with Gasteiger partial charge in [0, 0.05) is 17.6 Å². The number of unbranched alkanes of at least 4 members (excludes halogenated alkanes) is 1. The molecule has 0 N–H and O–H groups in total. The summed E-state index contributed by atoms with van der Waals surface area (Å²) in [5.74, 6) is 0.0447. The number of rotatable bonds is 5. The molecule has 0 aromatic heterocycles. The van der Waals surface area contributed by atoms with E-state index in [0.29, 0.717) is 13.3 Å². The quantitative estimate of drug-likeness (QED) is 0.764. The highest BCUT2D eigenvalue weighted by Gasteiger charge is 2.29. The molecule has 0 unspecified atom stereocenters. The van der Waals surface area contributed by atoms with Crippen LogP contribution in [0.3, 0.4) is 0 Å². The van der Waals surface area contributed by atoms with Gasteiger partial charge < -0.3 is 4.74 Å². The Morgan fingerprint density at radius 1 is 1.16 bits per heavy atom. The zero-order chi connectivity index (χ0) is 13.2. The van der Waals surface area contributed by atoms with Crippen LogP contribution in [0.5, 0.6) is 0 Å². The van der Waals surface area contributed by atoms with Crippen LogP contribution in [-0.2, 0) is 4.74 Å². The Morgan fingerprint density at radius 2 is 1.95 bits per heavy atom. The largest absolute Gasteiger partial charge is 0.361 e. The molecular weight excluding hydrogens is 238 g/mol. The maximum atomic E-state index is 12.4. The highest BCUT2D eigenvalue weighted by Crippen LogP contribution is 2.36. The summed E-state index contributed by atoms with van der Waals surface area (Å²) in [6.07, 6.45) is 2.13. The van der Waals surface area contributed by atoms with E-state index in [1.165, 1.54) is 0 Å². The third-order valence-electron chi connectivity index (χ3n) is 3.51. The molecule has 1 heterocycles. The summed E-state index contributed by atoms with van der Waals surface area (Å²) in [5.41, 5.74) is 1.75. The van der Waals surface area contributed by atoms with Crippen LogP contribution in [0.1, 0.15) is 30.1 Å². The van der Waals surface area contributed by atoms with Gasteiger partial charge in [0.1, 0.15) is 6.73 Å². The molecule has 2 aromatic rings. The van der Waals surface area contributed by atoms with Crippen molar-refractivity contribution >= 4 is 22.4 Å². The first-order chi connectivity index (χ1) is 9.33. The van der Waals surface area contributed by atoms with Crippen LogP contribution in [0, 0.1) is 0 Å². The van der Waals surface area contributed by atoms with Crippen LogP contribution >= 0.6 is 0 Å². The average molecular weight is 255 g/mol. The molecule has 19 heavy (non-hydrogen) atoms. The minimum atomic E-state index is 0.0447. The molecule has 2 aromatic carbocycles. The molecule has 0 bridgehead atoms. The summed E-state index contributed by atoms with van der Waals surface area (Å²) in [6, 6.07) is 11.9. The van der Waals surface area contributed by atoms with Crippen molar-refractivity contribution in [3.63, 3.8) is 0 Å². The van der Waals surface area contributed by atoms with Crippen molar-refractivity contribution in [2.45, 2.75) is 19.8 Å². The van der Waals surface area contributed by atoms with Crippen molar-refractivity contribution in [1.82, 2.24) is 0 Å². The summed E-state index contributed by atoms with van der Waals surface area (Å²) in [5, 5.41) is 2.16. The number of carbonyl (C=O) groups excluding carboxylic acids is 1. The number of nitrogens with zero attached hydrogens (tertiary/aromatic N) is 1. The predicted octanol–water partition coefficient (Wildman–Crippen LogP) is 3.57. The third kappa shape index (κ3) is 2.00. The molecule has 0 fully saturated rings. The van der Waals surface area contributed by atoms with Gasteiger partial charge in [0.2, 0.25) is 0 Å². The van der Waals surface area contributed by atoms with Crippen LogP contribution in [-0.4, -0.2) is 19.2 Å². The van der Waals surface area contributed by atoms with E-state index in [2.05, 4.69) is 6.92 Å². The van der Waals surface area contributed by atoms with Crippen LogP contribution in [0.15, 0.2) is 36.4 Å². The first kappa shape index (κ1) is 12.2. The topological polar surface area (TPSA) is 29.5 Å². The predicted molar refractivity (Wildman–Crippen MR) is 76.5 cm³/mol. The maximum absolute atomic E-state index is 12.4. The molecule has 0 saturated heterocycles. The van der Waals surface area contributed by atoms with Crippen molar-refractivity contribution in [3.05, 3.63) is 42.0 Å². The van der Waals surface area contributed by atoms with Crippen LogP contribution in [0.25, 0.3) is 10.8 Å². The zero-order valence-corrected chi connectivity index (χ0v) is 11.1. The molecule has 0 radical (unpaired) electrons. The highest BCUT2D eigenvalue weighted by atomic mass is 16.5. The zero-order valence-electron chi connectivity index (χ0n) is 11.1. The normalized spacial score (nSPS) is 13.5.